The van der Waals surface area contributed by atoms with Crippen molar-refractivity contribution < 1.29 is 4.79 Å². The minimum absolute atomic E-state index is 0.0774. The van der Waals surface area contributed by atoms with Gasteiger partial charge in [0.05, 0.1) is 0 Å². The SMILES string of the molecule is CCC1CCCN(C(=O)c2sc(N3CCCC3)nc2N)C1. The number of hydrogen-bond donors (Lipinski definition) is 1. The van der Waals surface area contributed by atoms with Gasteiger partial charge in [0.2, 0.25) is 0 Å². The minimum Gasteiger partial charge on any atom is -0.382 e. The molecule has 0 aliphatic carbocycles. The summed E-state index contributed by atoms with van der Waals surface area (Å²) in [5.41, 5.74) is 6.01. The van der Waals surface area contributed by atoms with E-state index in [1.54, 1.807) is 0 Å². The number of nitrogens with two attached hydrogens (primary N) is 1. The van der Waals surface area contributed by atoms with Crippen LogP contribution in [0.3, 0.4) is 0 Å². The van der Waals surface area contributed by atoms with Gasteiger partial charge in [-0.25, -0.2) is 4.98 Å². The molecule has 2 fully saturated rings. The van der Waals surface area contributed by atoms with E-state index in [1.165, 1.54) is 30.6 Å². The van der Waals surface area contributed by atoms with Crippen molar-refractivity contribution in [1.29, 1.82) is 0 Å². The maximum atomic E-state index is 12.7. The van der Waals surface area contributed by atoms with Gasteiger partial charge in [0.1, 0.15) is 10.7 Å². The monoisotopic (exact) mass is 308 g/mol. The molecule has 2 aliphatic rings. The standard InChI is InChI=1S/C15H24N4OS/c1-2-11-6-5-9-19(10-11)14(20)12-13(16)17-15(21-12)18-7-3-4-8-18/h11H,2-10,16H2,1H3. The molecule has 1 atom stereocenters. The second-order valence-electron chi connectivity index (χ2n) is 6.07. The average Bonchev–Trinajstić information content (AvgIpc) is 3.16. The van der Waals surface area contributed by atoms with Crippen LogP contribution < -0.4 is 10.6 Å². The molecule has 5 nitrogen and oxygen atoms in total. The van der Waals surface area contributed by atoms with Gasteiger partial charge in [-0.3, -0.25) is 4.79 Å². The molecule has 1 amide bonds. The molecule has 0 saturated carbocycles. The van der Waals surface area contributed by atoms with Crippen molar-refractivity contribution in [2.75, 3.05) is 36.8 Å². The smallest absolute Gasteiger partial charge is 0.267 e. The number of piperidine rings is 1. The van der Waals surface area contributed by atoms with E-state index in [0.29, 0.717) is 16.6 Å². The third kappa shape index (κ3) is 3.00. The van der Waals surface area contributed by atoms with Crippen LogP contribution in [0.2, 0.25) is 0 Å². The molecule has 1 aromatic rings. The molecule has 3 rings (SSSR count). The first-order chi connectivity index (χ1) is 10.2. The van der Waals surface area contributed by atoms with Crippen molar-refractivity contribution >= 4 is 28.2 Å². The summed E-state index contributed by atoms with van der Waals surface area (Å²) < 4.78 is 0. The fraction of sp³-hybridized carbons (Fsp3) is 0.733. The van der Waals surface area contributed by atoms with Crippen LogP contribution in [0.1, 0.15) is 48.7 Å². The average molecular weight is 308 g/mol. The van der Waals surface area contributed by atoms with Crippen LogP contribution in [0.4, 0.5) is 10.9 Å². The van der Waals surface area contributed by atoms with E-state index in [1.807, 2.05) is 4.90 Å². The highest BCUT2D eigenvalue weighted by molar-refractivity contribution is 7.18. The highest BCUT2D eigenvalue weighted by atomic mass is 32.1. The number of carbonyl (C=O) groups is 1. The summed E-state index contributed by atoms with van der Waals surface area (Å²) in [4.78, 5) is 22.0. The maximum Gasteiger partial charge on any atom is 0.267 e. The van der Waals surface area contributed by atoms with Crippen molar-refractivity contribution in [2.24, 2.45) is 5.92 Å². The van der Waals surface area contributed by atoms with E-state index in [-0.39, 0.29) is 5.91 Å². The van der Waals surface area contributed by atoms with Crippen LogP contribution in [-0.4, -0.2) is 42.0 Å². The van der Waals surface area contributed by atoms with Crippen LogP contribution in [0, 0.1) is 5.92 Å². The zero-order chi connectivity index (χ0) is 14.8. The molecule has 21 heavy (non-hydrogen) atoms. The Labute approximate surface area is 130 Å². The molecule has 2 saturated heterocycles. The Balaban J connectivity index is 1.74. The molecule has 0 radical (unpaired) electrons. The Hall–Kier alpha value is -1.30. The van der Waals surface area contributed by atoms with E-state index in [0.717, 1.165) is 44.2 Å². The van der Waals surface area contributed by atoms with E-state index in [4.69, 9.17) is 5.73 Å². The summed E-state index contributed by atoms with van der Waals surface area (Å²) in [5.74, 6) is 1.12. The number of amides is 1. The molecule has 2 aliphatic heterocycles. The first-order valence-electron chi connectivity index (χ1n) is 7.99. The summed E-state index contributed by atoms with van der Waals surface area (Å²) in [6.07, 6.45) is 5.88. The van der Waals surface area contributed by atoms with E-state index < -0.39 is 0 Å². The van der Waals surface area contributed by atoms with Crippen molar-refractivity contribution in [1.82, 2.24) is 9.88 Å². The quantitative estimate of drug-likeness (QED) is 0.932. The number of nitrogens with zero attached hydrogens (tertiary/aromatic N) is 3. The van der Waals surface area contributed by atoms with Gasteiger partial charge >= 0.3 is 0 Å². The van der Waals surface area contributed by atoms with Gasteiger partial charge in [0.15, 0.2) is 5.13 Å². The van der Waals surface area contributed by atoms with Crippen LogP contribution in [0.15, 0.2) is 0 Å². The van der Waals surface area contributed by atoms with Crippen LogP contribution >= 0.6 is 11.3 Å². The molecule has 2 N–H and O–H groups in total. The third-order valence-corrected chi connectivity index (χ3v) is 5.72. The lowest BCUT2D eigenvalue weighted by atomic mass is 9.95. The zero-order valence-electron chi connectivity index (χ0n) is 12.7. The van der Waals surface area contributed by atoms with Crippen LogP contribution in [-0.2, 0) is 0 Å². The molecule has 0 bridgehead atoms. The van der Waals surface area contributed by atoms with Gasteiger partial charge in [0.25, 0.3) is 5.91 Å². The number of carbonyl (C=O) groups excluding carboxylic acids is 1. The first-order valence-corrected chi connectivity index (χ1v) is 8.81. The summed E-state index contributed by atoms with van der Waals surface area (Å²) in [7, 11) is 0. The lowest BCUT2D eigenvalue weighted by Crippen LogP contribution is -2.39. The fourth-order valence-electron chi connectivity index (χ4n) is 3.24. The Morgan fingerprint density at radius 3 is 2.81 bits per heavy atom. The lowest BCUT2D eigenvalue weighted by molar-refractivity contribution is 0.0677. The number of rotatable bonds is 3. The minimum atomic E-state index is 0.0774. The topological polar surface area (TPSA) is 62.5 Å². The number of aromatic nitrogens is 1. The molecular formula is C15H24N4OS. The predicted octanol–water partition coefficient (Wildman–Crippen LogP) is 2.59. The zero-order valence-corrected chi connectivity index (χ0v) is 13.5. The summed E-state index contributed by atoms with van der Waals surface area (Å²) in [6, 6.07) is 0. The van der Waals surface area contributed by atoms with Gasteiger partial charge in [-0.15, -0.1) is 0 Å². The highest BCUT2D eigenvalue weighted by Gasteiger charge is 2.28. The van der Waals surface area contributed by atoms with Crippen molar-refractivity contribution in [3.63, 3.8) is 0 Å². The van der Waals surface area contributed by atoms with Crippen LogP contribution in [0.5, 0.6) is 0 Å². The van der Waals surface area contributed by atoms with Crippen molar-refractivity contribution in [2.45, 2.75) is 39.0 Å². The molecule has 0 aromatic carbocycles. The first kappa shape index (κ1) is 14.6. The second kappa shape index (κ2) is 6.22. The molecule has 0 spiro atoms. The van der Waals surface area contributed by atoms with E-state index in [9.17, 15) is 4.79 Å². The van der Waals surface area contributed by atoms with Crippen molar-refractivity contribution in [3.8, 4) is 0 Å². The van der Waals surface area contributed by atoms with E-state index >= 15 is 0 Å². The van der Waals surface area contributed by atoms with Gasteiger partial charge in [-0.05, 0) is 31.6 Å². The number of nitrogen functional groups attached to an aromatic ring is 1. The molecule has 1 unspecified atom stereocenters. The Kier molecular flexibility index (Phi) is 4.33. The van der Waals surface area contributed by atoms with Gasteiger partial charge in [-0.2, -0.15) is 0 Å². The Morgan fingerprint density at radius 2 is 2.10 bits per heavy atom. The molecule has 6 heteroatoms. The maximum absolute atomic E-state index is 12.7. The third-order valence-electron chi connectivity index (χ3n) is 4.60. The van der Waals surface area contributed by atoms with Gasteiger partial charge in [0, 0.05) is 26.2 Å². The predicted molar refractivity (Wildman–Crippen MR) is 86.9 cm³/mol. The number of likely N-dealkylation sites (tertiary alicyclic amines) is 1. The number of anilines is 2. The van der Waals surface area contributed by atoms with E-state index in [2.05, 4.69) is 16.8 Å². The Morgan fingerprint density at radius 1 is 1.33 bits per heavy atom. The summed E-state index contributed by atoms with van der Waals surface area (Å²) >= 11 is 1.47. The van der Waals surface area contributed by atoms with Gasteiger partial charge < -0.3 is 15.5 Å². The molecular weight excluding hydrogens is 284 g/mol. The molecule has 1 aromatic heterocycles. The molecule has 3 heterocycles. The van der Waals surface area contributed by atoms with Gasteiger partial charge in [-0.1, -0.05) is 24.7 Å². The number of thiazole rings is 1. The normalized spacial score (nSPS) is 22.8. The van der Waals surface area contributed by atoms with Crippen molar-refractivity contribution in [3.05, 3.63) is 4.88 Å². The van der Waals surface area contributed by atoms with Crippen LogP contribution in [0.25, 0.3) is 0 Å². The summed E-state index contributed by atoms with van der Waals surface area (Å²) in [5, 5.41) is 0.914. The number of hydrogen-bond acceptors (Lipinski definition) is 5. The second-order valence-corrected chi connectivity index (χ2v) is 7.05. The summed E-state index contributed by atoms with van der Waals surface area (Å²) in [6.45, 7) is 5.98. The fourth-order valence-corrected chi connectivity index (χ4v) is 4.25. The molecule has 116 valence electrons. The largest absolute Gasteiger partial charge is 0.382 e. The Bertz CT molecular complexity index is 510. The highest BCUT2D eigenvalue weighted by Crippen LogP contribution is 2.32. The lowest BCUT2D eigenvalue weighted by Gasteiger charge is -2.32.